The Morgan fingerprint density at radius 3 is 2.50 bits per heavy atom. The zero-order chi connectivity index (χ0) is 18.8. The Labute approximate surface area is 148 Å². The number of fused-ring (bicyclic) bond motifs is 1. The van der Waals surface area contributed by atoms with Crippen molar-refractivity contribution in [1.82, 2.24) is 9.13 Å². The molecule has 0 aliphatic carbocycles. The SMILES string of the molecule is COCCn1cc2c(c(O)c1=O)c(=O)c(Cc1ccc(F)cc1)cn2C. The van der Waals surface area contributed by atoms with Crippen LogP contribution in [-0.4, -0.2) is 28.0 Å². The summed E-state index contributed by atoms with van der Waals surface area (Å²) in [5.74, 6) is -0.922. The van der Waals surface area contributed by atoms with Crippen LogP contribution in [0.25, 0.3) is 10.9 Å². The normalized spacial score (nSPS) is 11.2. The van der Waals surface area contributed by atoms with Gasteiger partial charge >= 0.3 is 0 Å². The highest BCUT2D eigenvalue weighted by atomic mass is 19.1. The highest BCUT2D eigenvalue weighted by molar-refractivity contribution is 5.84. The number of hydrogen-bond donors (Lipinski definition) is 1. The van der Waals surface area contributed by atoms with Crippen molar-refractivity contribution < 1.29 is 14.2 Å². The number of aromatic hydroxyl groups is 1. The van der Waals surface area contributed by atoms with E-state index < -0.39 is 16.7 Å². The van der Waals surface area contributed by atoms with Crippen LogP contribution in [-0.2, 0) is 24.8 Å². The van der Waals surface area contributed by atoms with E-state index in [0.717, 1.165) is 5.56 Å². The summed E-state index contributed by atoms with van der Waals surface area (Å²) in [6.45, 7) is 0.575. The van der Waals surface area contributed by atoms with Crippen molar-refractivity contribution in [3.63, 3.8) is 0 Å². The number of hydrogen-bond acceptors (Lipinski definition) is 4. The van der Waals surface area contributed by atoms with Crippen LogP contribution in [0.15, 0.2) is 46.2 Å². The molecule has 3 rings (SSSR count). The summed E-state index contributed by atoms with van der Waals surface area (Å²) in [4.78, 5) is 25.2. The van der Waals surface area contributed by atoms with Crippen LogP contribution in [0.3, 0.4) is 0 Å². The van der Waals surface area contributed by atoms with Gasteiger partial charge in [-0.1, -0.05) is 12.1 Å². The van der Waals surface area contributed by atoms with Gasteiger partial charge in [0.1, 0.15) is 5.82 Å². The molecule has 0 aliphatic heterocycles. The molecule has 0 spiro atoms. The molecule has 3 aromatic rings. The summed E-state index contributed by atoms with van der Waals surface area (Å²) >= 11 is 0. The number of benzene rings is 1. The predicted molar refractivity (Wildman–Crippen MR) is 96.2 cm³/mol. The fourth-order valence-corrected chi connectivity index (χ4v) is 2.95. The Balaban J connectivity index is 2.15. The Kier molecular flexibility index (Phi) is 4.90. The smallest absolute Gasteiger partial charge is 0.293 e. The van der Waals surface area contributed by atoms with E-state index in [1.54, 1.807) is 36.1 Å². The monoisotopic (exact) mass is 358 g/mol. The highest BCUT2D eigenvalue weighted by Gasteiger charge is 2.16. The lowest BCUT2D eigenvalue weighted by atomic mass is 10.0. The van der Waals surface area contributed by atoms with Gasteiger partial charge in [-0.25, -0.2) is 4.39 Å². The van der Waals surface area contributed by atoms with Crippen molar-refractivity contribution >= 4 is 10.9 Å². The molecule has 7 heteroatoms. The average Bonchev–Trinajstić information content (AvgIpc) is 2.62. The summed E-state index contributed by atoms with van der Waals surface area (Å²) in [6, 6.07) is 5.85. The quantitative estimate of drug-likeness (QED) is 0.755. The molecule has 26 heavy (non-hydrogen) atoms. The number of aromatic nitrogens is 2. The minimum absolute atomic E-state index is 0.00854. The minimum atomic E-state index is -0.634. The van der Waals surface area contributed by atoms with Crippen molar-refractivity contribution in [3.8, 4) is 5.75 Å². The summed E-state index contributed by atoms with van der Waals surface area (Å²) < 4.78 is 21.0. The molecule has 1 aromatic carbocycles. The third-order valence-corrected chi connectivity index (χ3v) is 4.33. The van der Waals surface area contributed by atoms with Crippen molar-refractivity contribution in [2.45, 2.75) is 13.0 Å². The first-order valence-electron chi connectivity index (χ1n) is 8.10. The largest absolute Gasteiger partial charge is 0.502 e. The van der Waals surface area contributed by atoms with Gasteiger partial charge in [-0.15, -0.1) is 0 Å². The Bertz CT molecular complexity index is 1070. The molecule has 0 fully saturated rings. The summed E-state index contributed by atoms with van der Waals surface area (Å²) in [7, 11) is 3.25. The van der Waals surface area contributed by atoms with E-state index in [4.69, 9.17) is 4.74 Å². The van der Waals surface area contributed by atoms with Crippen LogP contribution >= 0.6 is 0 Å². The lowest BCUT2D eigenvalue weighted by Gasteiger charge is -2.13. The summed E-state index contributed by atoms with van der Waals surface area (Å²) in [5, 5.41) is 10.3. The van der Waals surface area contributed by atoms with Crippen molar-refractivity contribution in [2.75, 3.05) is 13.7 Å². The molecule has 0 amide bonds. The van der Waals surface area contributed by atoms with Gasteiger partial charge in [0, 0.05) is 45.1 Å². The van der Waals surface area contributed by atoms with E-state index in [1.807, 2.05) is 0 Å². The molecule has 0 radical (unpaired) electrons. The molecule has 2 aromatic heterocycles. The maximum atomic E-state index is 13.1. The molecule has 2 heterocycles. The molecule has 0 bridgehead atoms. The summed E-state index contributed by atoms with van der Waals surface area (Å²) in [5.41, 5.74) is 0.583. The molecule has 0 unspecified atom stereocenters. The van der Waals surface area contributed by atoms with Gasteiger partial charge in [-0.2, -0.15) is 0 Å². The van der Waals surface area contributed by atoms with Crippen molar-refractivity contribution in [3.05, 3.63) is 74.2 Å². The molecule has 1 N–H and O–H groups in total. The zero-order valence-electron chi connectivity index (χ0n) is 14.5. The maximum Gasteiger partial charge on any atom is 0.293 e. The second-order valence-corrected chi connectivity index (χ2v) is 6.13. The second-order valence-electron chi connectivity index (χ2n) is 6.13. The van der Waals surface area contributed by atoms with E-state index in [0.29, 0.717) is 17.7 Å². The van der Waals surface area contributed by atoms with Crippen LogP contribution in [0.5, 0.6) is 5.75 Å². The molecule has 0 saturated heterocycles. The number of pyridine rings is 2. The van der Waals surface area contributed by atoms with E-state index >= 15 is 0 Å². The van der Waals surface area contributed by atoms with Gasteiger partial charge in [0.25, 0.3) is 5.56 Å². The molecule has 0 atom stereocenters. The lowest BCUT2D eigenvalue weighted by molar-refractivity contribution is 0.186. The molecular formula is C19H19FN2O4. The average molecular weight is 358 g/mol. The van der Waals surface area contributed by atoms with Crippen LogP contribution in [0.1, 0.15) is 11.1 Å². The van der Waals surface area contributed by atoms with Gasteiger partial charge in [0.05, 0.1) is 17.5 Å². The molecule has 136 valence electrons. The van der Waals surface area contributed by atoms with Gasteiger partial charge in [-0.3, -0.25) is 9.59 Å². The Hall–Kier alpha value is -2.93. The zero-order valence-corrected chi connectivity index (χ0v) is 14.5. The Morgan fingerprint density at radius 2 is 1.85 bits per heavy atom. The van der Waals surface area contributed by atoms with Crippen LogP contribution < -0.4 is 11.0 Å². The fraction of sp³-hybridized carbons (Fsp3) is 0.263. The van der Waals surface area contributed by atoms with Gasteiger partial charge < -0.3 is 19.0 Å². The molecule has 6 nitrogen and oxygen atoms in total. The minimum Gasteiger partial charge on any atom is -0.502 e. The number of rotatable bonds is 5. The molecule has 0 saturated carbocycles. The third kappa shape index (κ3) is 3.25. The van der Waals surface area contributed by atoms with Crippen molar-refractivity contribution in [1.29, 1.82) is 0 Å². The van der Waals surface area contributed by atoms with E-state index in [1.165, 1.54) is 23.8 Å². The number of methoxy groups -OCH3 is 1. The van der Waals surface area contributed by atoms with E-state index in [2.05, 4.69) is 0 Å². The number of halogens is 1. The third-order valence-electron chi connectivity index (χ3n) is 4.33. The van der Waals surface area contributed by atoms with Gasteiger partial charge in [-0.05, 0) is 17.7 Å². The van der Waals surface area contributed by atoms with E-state index in [9.17, 15) is 19.1 Å². The molecular weight excluding hydrogens is 339 g/mol. The number of aryl methyl sites for hydroxylation is 1. The van der Waals surface area contributed by atoms with Crippen molar-refractivity contribution in [2.24, 2.45) is 7.05 Å². The summed E-state index contributed by atoms with van der Waals surface area (Å²) in [6.07, 6.45) is 3.48. The maximum absolute atomic E-state index is 13.1. The first kappa shape index (κ1) is 17.9. The van der Waals surface area contributed by atoms with Crippen LogP contribution in [0, 0.1) is 5.82 Å². The van der Waals surface area contributed by atoms with Gasteiger partial charge in [0.15, 0.2) is 11.2 Å². The Morgan fingerprint density at radius 1 is 1.15 bits per heavy atom. The topological polar surface area (TPSA) is 73.5 Å². The standard InChI is InChI=1S/C19H19FN2O4/c1-21-10-13(9-12-3-5-14(20)6-4-12)17(23)16-15(21)11-22(7-8-26-2)19(25)18(16)24/h3-6,10-11,24H,7-9H2,1-2H3. The molecule has 0 aliphatic rings. The predicted octanol–water partition coefficient (Wildman–Crippen LogP) is 1.78. The lowest BCUT2D eigenvalue weighted by Crippen LogP contribution is -2.25. The van der Waals surface area contributed by atoms with E-state index in [-0.39, 0.29) is 24.2 Å². The first-order chi connectivity index (χ1) is 12.4. The van der Waals surface area contributed by atoms with Gasteiger partial charge in [0.2, 0.25) is 0 Å². The first-order valence-corrected chi connectivity index (χ1v) is 8.10. The highest BCUT2D eigenvalue weighted by Crippen LogP contribution is 2.19. The fourth-order valence-electron chi connectivity index (χ4n) is 2.95. The second kappa shape index (κ2) is 7.13. The van der Waals surface area contributed by atoms with Crippen LogP contribution in [0.4, 0.5) is 4.39 Å². The number of ether oxygens (including phenoxy) is 1. The number of nitrogens with zero attached hydrogens (tertiary/aromatic N) is 2. The van der Waals surface area contributed by atoms with Crippen LogP contribution in [0.2, 0.25) is 0 Å².